The van der Waals surface area contributed by atoms with E-state index in [-0.39, 0.29) is 5.91 Å². The van der Waals surface area contributed by atoms with Gasteiger partial charge < -0.3 is 24.8 Å². The molecule has 3 aromatic rings. The molecule has 1 N–H and O–H groups in total. The van der Waals surface area contributed by atoms with E-state index >= 15 is 0 Å². The fourth-order valence-corrected chi connectivity index (χ4v) is 5.80. The monoisotopic (exact) mass is 556 g/mol. The minimum atomic E-state index is -0.301. The maximum atomic E-state index is 13.7. The molecule has 1 atom stereocenters. The van der Waals surface area contributed by atoms with E-state index in [2.05, 4.69) is 69.4 Å². The molecule has 1 aliphatic carbocycles. The number of carbonyl (C=O) groups is 1. The summed E-state index contributed by atoms with van der Waals surface area (Å²) < 4.78 is 8.02. The van der Waals surface area contributed by atoms with Crippen molar-refractivity contribution in [2.75, 3.05) is 62.5 Å². The number of hydrogen-bond donors (Lipinski definition) is 1. The molecule has 6 rings (SSSR count). The number of anilines is 3. The van der Waals surface area contributed by atoms with E-state index in [1.54, 1.807) is 23.0 Å². The minimum absolute atomic E-state index is 0.301. The third-order valence-corrected chi connectivity index (χ3v) is 8.33. The van der Waals surface area contributed by atoms with Crippen LogP contribution in [-0.4, -0.2) is 78.9 Å². The average Bonchev–Trinajstić information content (AvgIpc) is 3.65. The number of benzene rings is 1. The summed E-state index contributed by atoms with van der Waals surface area (Å²) in [5, 5.41) is 7.89. The summed E-state index contributed by atoms with van der Waals surface area (Å²) in [6.07, 6.45) is 6.23. The molecular formula is C31H40N8O2. The van der Waals surface area contributed by atoms with Gasteiger partial charge in [-0.2, -0.15) is 10.1 Å². The maximum Gasteiger partial charge on any atom is 0.280 e. The van der Waals surface area contributed by atoms with Crippen molar-refractivity contribution in [1.29, 1.82) is 0 Å². The molecule has 0 radical (unpaired) electrons. The fourth-order valence-electron chi connectivity index (χ4n) is 5.80. The summed E-state index contributed by atoms with van der Waals surface area (Å²) in [5.74, 6) is 2.12. The van der Waals surface area contributed by atoms with E-state index in [4.69, 9.17) is 9.72 Å². The summed E-state index contributed by atoms with van der Waals surface area (Å²) in [5.41, 5.74) is 5.87. The molecule has 10 nitrogen and oxygen atoms in total. The van der Waals surface area contributed by atoms with Gasteiger partial charge in [0.05, 0.1) is 35.4 Å². The van der Waals surface area contributed by atoms with Gasteiger partial charge in [0.2, 0.25) is 11.8 Å². The van der Waals surface area contributed by atoms with E-state index < -0.39 is 0 Å². The van der Waals surface area contributed by atoms with Crippen molar-refractivity contribution < 1.29 is 9.53 Å². The fraction of sp³-hybridized carbons (Fsp3) is 0.484. The smallest absolute Gasteiger partial charge is 0.280 e. The number of hydrogen-bond acceptors (Lipinski definition) is 8. The van der Waals surface area contributed by atoms with Gasteiger partial charge in [0, 0.05) is 50.7 Å². The molecule has 1 fully saturated rings. The number of guanidine groups is 1. The van der Waals surface area contributed by atoms with E-state index in [0.29, 0.717) is 41.5 Å². The lowest BCUT2D eigenvalue weighted by Crippen LogP contribution is -2.36. The molecule has 0 saturated heterocycles. The molecule has 2 aliphatic heterocycles. The highest BCUT2D eigenvalue weighted by molar-refractivity contribution is 6.19. The first kappa shape index (κ1) is 27.3. The Hall–Kier alpha value is -3.92. The highest BCUT2D eigenvalue weighted by Crippen LogP contribution is 2.43. The Morgan fingerprint density at radius 1 is 1.07 bits per heavy atom. The van der Waals surface area contributed by atoms with Gasteiger partial charge in [-0.05, 0) is 88.9 Å². The van der Waals surface area contributed by atoms with Crippen LogP contribution in [-0.2, 0) is 7.05 Å². The summed E-state index contributed by atoms with van der Waals surface area (Å²) in [6, 6.07) is 10.1. The quantitative estimate of drug-likeness (QED) is 0.494. The number of aryl methyl sites for hydroxylation is 2. The Balaban J connectivity index is 1.39. The second kappa shape index (κ2) is 11.2. The number of nitrogens with one attached hydrogen (secondary N) is 1. The van der Waals surface area contributed by atoms with Crippen molar-refractivity contribution in [3.8, 4) is 17.1 Å². The second-order valence-electron chi connectivity index (χ2n) is 11.9. The Kier molecular flexibility index (Phi) is 7.42. The molecule has 41 heavy (non-hydrogen) atoms. The van der Waals surface area contributed by atoms with Gasteiger partial charge in [-0.1, -0.05) is 0 Å². The van der Waals surface area contributed by atoms with E-state index in [1.807, 2.05) is 14.0 Å². The van der Waals surface area contributed by atoms with Crippen LogP contribution in [0, 0.1) is 18.8 Å². The summed E-state index contributed by atoms with van der Waals surface area (Å²) in [7, 11) is 8.18. The predicted molar refractivity (Wildman–Crippen MR) is 163 cm³/mol. The molecule has 3 aliphatic rings. The normalized spacial score (nSPS) is 20.1. The lowest BCUT2D eigenvalue weighted by Gasteiger charge is -2.27. The highest BCUT2D eigenvalue weighted by atomic mass is 16.5. The maximum absolute atomic E-state index is 13.7. The van der Waals surface area contributed by atoms with Crippen LogP contribution < -0.4 is 19.9 Å². The molecule has 0 spiro atoms. The molecule has 1 amide bonds. The Labute approximate surface area is 242 Å². The lowest BCUT2D eigenvalue weighted by molar-refractivity contribution is 0.100. The van der Waals surface area contributed by atoms with Crippen LogP contribution in [0.3, 0.4) is 0 Å². The van der Waals surface area contributed by atoms with Crippen LogP contribution in [0.25, 0.3) is 11.3 Å². The first-order valence-electron chi connectivity index (χ1n) is 14.6. The predicted octanol–water partition coefficient (Wildman–Crippen LogP) is 4.42. The second-order valence-corrected chi connectivity index (χ2v) is 11.9. The van der Waals surface area contributed by atoms with E-state index in [1.165, 1.54) is 12.8 Å². The lowest BCUT2D eigenvalue weighted by atomic mass is 9.97. The van der Waals surface area contributed by atoms with Crippen LogP contribution >= 0.6 is 0 Å². The number of amides is 1. The van der Waals surface area contributed by atoms with Crippen LogP contribution in [0.4, 0.5) is 17.1 Å². The van der Waals surface area contributed by atoms with Crippen molar-refractivity contribution in [3.63, 3.8) is 0 Å². The van der Waals surface area contributed by atoms with Gasteiger partial charge in [0.1, 0.15) is 0 Å². The third kappa shape index (κ3) is 5.79. The van der Waals surface area contributed by atoms with Crippen molar-refractivity contribution in [1.82, 2.24) is 19.7 Å². The average molecular weight is 557 g/mol. The number of rotatable bonds is 5. The minimum Gasteiger partial charge on any atom is -0.477 e. The molecular weight excluding hydrogens is 516 g/mol. The summed E-state index contributed by atoms with van der Waals surface area (Å²) in [6.45, 7) is 5.19. The van der Waals surface area contributed by atoms with Crippen molar-refractivity contribution in [2.45, 2.75) is 32.6 Å². The topological polar surface area (TPSA) is 91.1 Å². The molecule has 4 heterocycles. The van der Waals surface area contributed by atoms with Crippen LogP contribution in [0.2, 0.25) is 0 Å². The number of likely N-dealkylation sites (N-methyl/N-ethyl adjacent to an activating group) is 2. The number of carbonyl (C=O) groups excluding carboxylic acids is 1. The zero-order valence-corrected chi connectivity index (χ0v) is 24.7. The summed E-state index contributed by atoms with van der Waals surface area (Å²) in [4.78, 5) is 29.8. The molecule has 1 aromatic carbocycles. The summed E-state index contributed by atoms with van der Waals surface area (Å²) >= 11 is 0. The van der Waals surface area contributed by atoms with Gasteiger partial charge in [0.25, 0.3) is 5.91 Å². The van der Waals surface area contributed by atoms with Crippen molar-refractivity contribution in [3.05, 3.63) is 47.8 Å². The van der Waals surface area contributed by atoms with Crippen molar-refractivity contribution >= 4 is 28.9 Å². The van der Waals surface area contributed by atoms with Gasteiger partial charge in [0.15, 0.2) is 0 Å². The van der Waals surface area contributed by atoms with E-state index in [9.17, 15) is 4.79 Å². The third-order valence-electron chi connectivity index (χ3n) is 8.33. The number of nitrogens with zero attached hydrogens (tertiary/aromatic N) is 7. The van der Waals surface area contributed by atoms with Gasteiger partial charge in [-0.15, -0.1) is 0 Å². The largest absolute Gasteiger partial charge is 0.477 e. The van der Waals surface area contributed by atoms with Crippen LogP contribution in [0.1, 0.15) is 41.7 Å². The Bertz CT molecular complexity index is 1470. The first-order valence-corrected chi connectivity index (χ1v) is 14.6. The van der Waals surface area contributed by atoms with Gasteiger partial charge in [-0.25, -0.2) is 4.68 Å². The van der Waals surface area contributed by atoms with Gasteiger partial charge in [-0.3, -0.25) is 9.78 Å². The number of aliphatic imine (C=N–C) groups is 1. The molecule has 216 valence electrons. The molecule has 1 saturated carbocycles. The van der Waals surface area contributed by atoms with Crippen molar-refractivity contribution in [2.24, 2.45) is 23.9 Å². The number of aromatic nitrogens is 3. The van der Waals surface area contributed by atoms with Gasteiger partial charge >= 0.3 is 0 Å². The highest BCUT2D eigenvalue weighted by Gasteiger charge is 2.36. The number of ether oxygens (including phenoxy) is 1. The van der Waals surface area contributed by atoms with Crippen LogP contribution in [0.15, 0.2) is 41.5 Å². The molecule has 2 bridgehead atoms. The zero-order chi connectivity index (χ0) is 28.7. The number of fused-ring (bicyclic) bond motifs is 7. The number of pyridine rings is 1. The van der Waals surface area contributed by atoms with E-state index in [0.717, 1.165) is 60.8 Å². The molecule has 2 aromatic heterocycles. The zero-order valence-electron chi connectivity index (χ0n) is 24.7. The molecule has 10 heteroatoms. The SMILES string of the molecule is Cc1cc2cc(n1)-c1cnn(C)c1OCCC[C@@H](C1CC1)CN1/C(=N/C2=O)Nc2ccc(N(C)CCN(C)C)cc21. The molecule has 0 unspecified atom stereocenters. The first-order chi connectivity index (χ1) is 19.8. The Morgan fingerprint density at radius 3 is 2.68 bits per heavy atom. The Morgan fingerprint density at radius 2 is 1.90 bits per heavy atom. The van der Waals surface area contributed by atoms with Crippen LogP contribution in [0.5, 0.6) is 5.88 Å². The standard InChI is InChI=1S/C31H40N8O2/c1-20-15-23-16-27(33-20)25-18-32-38(5)30(25)41-14-6-7-22(21-8-9-21)19-39-28-17-24(37(4)13-12-36(2)3)10-11-26(28)34-31(39)35-29(23)40/h10-11,15-18,21-22H,6-9,12-14,19H2,1-5H3,(H,34,35,40)/t22-/m1/s1.